The second-order valence-corrected chi connectivity index (χ2v) is 6.33. The molecule has 2 N–H and O–H groups in total. The predicted molar refractivity (Wildman–Crippen MR) is 72.6 cm³/mol. The van der Waals surface area contributed by atoms with Crippen LogP contribution in [0.2, 0.25) is 0 Å². The van der Waals surface area contributed by atoms with Crippen LogP contribution in [0.3, 0.4) is 0 Å². The van der Waals surface area contributed by atoms with Crippen molar-refractivity contribution in [2.45, 2.75) is 58.3 Å². The van der Waals surface area contributed by atoms with Gasteiger partial charge in [0.2, 0.25) is 0 Å². The number of hydrogen-bond donors (Lipinski definition) is 2. The van der Waals surface area contributed by atoms with E-state index in [-0.39, 0.29) is 18.1 Å². The molecule has 0 aromatic carbocycles. The molecule has 2 atom stereocenters. The molecule has 0 amide bonds. The zero-order valence-electron chi connectivity index (χ0n) is 12.4. The Morgan fingerprint density at radius 2 is 1.78 bits per heavy atom. The fourth-order valence-electron chi connectivity index (χ4n) is 2.95. The van der Waals surface area contributed by atoms with Crippen molar-refractivity contribution in [3.05, 3.63) is 0 Å². The van der Waals surface area contributed by atoms with Crippen molar-refractivity contribution in [1.29, 1.82) is 0 Å². The molecule has 4 heteroatoms. The molecule has 0 aromatic rings. The van der Waals surface area contributed by atoms with Gasteiger partial charge >= 0.3 is 0 Å². The van der Waals surface area contributed by atoms with Gasteiger partial charge in [0.15, 0.2) is 0 Å². The highest BCUT2D eigenvalue weighted by Crippen LogP contribution is 2.42. The fraction of sp³-hybridized carbons (Fsp3) is 1.00. The molecule has 108 valence electrons. The summed E-state index contributed by atoms with van der Waals surface area (Å²) in [6.45, 7) is 12.9. The van der Waals surface area contributed by atoms with E-state index in [0.717, 1.165) is 26.1 Å². The number of rotatable bonds is 6. The van der Waals surface area contributed by atoms with Gasteiger partial charge in [-0.25, -0.2) is 0 Å². The average Bonchev–Trinajstić information content (AvgIpc) is 2.41. The second-order valence-electron chi connectivity index (χ2n) is 6.33. The van der Waals surface area contributed by atoms with Crippen LogP contribution < -0.4 is 0 Å². The molecule has 18 heavy (non-hydrogen) atoms. The zero-order valence-corrected chi connectivity index (χ0v) is 12.4. The minimum Gasteiger partial charge on any atom is -0.396 e. The van der Waals surface area contributed by atoms with E-state index in [1.54, 1.807) is 0 Å². The maximum absolute atomic E-state index is 10.4. The number of ether oxygens (including phenoxy) is 1. The quantitative estimate of drug-likeness (QED) is 0.754. The Morgan fingerprint density at radius 1 is 1.17 bits per heavy atom. The van der Waals surface area contributed by atoms with Gasteiger partial charge in [0.25, 0.3) is 0 Å². The highest BCUT2D eigenvalue weighted by Gasteiger charge is 2.53. The van der Waals surface area contributed by atoms with Gasteiger partial charge in [-0.15, -0.1) is 0 Å². The molecule has 1 heterocycles. The summed E-state index contributed by atoms with van der Waals surface area (Å²) in [5.74, 6) is 0.103. The SMILES string of the molecule is CCN(CCCO)CC1C(O)C(C)(C)OC1(C)C. The van der Waals surface area contributed by atoms with Crippen molar-refractivity contribution in [2.75, 3.05) is 26.2 Å². The van der Waals surface area contributed by atoms with E-state index in [1.165, 1.54) is 0 Å². The van der Waals surface area contributed by atoms with E-state index in [9.17, 15) is 5.11 Å². The van der Waals surface area contributed by atoms with Gasteiger partial charge in [0, 0.05) is 25.6 Å². The lowest BCUT2D eigenvalue weighted by atomic mass is 9.84. The molecule has 0 spiro atoms. The minimum atomic E-state index is -0.482. The zero-order chi connectivity index (χ0) is 14.0. The lowest BCUT2D eigenvalue weighted by Gasteiger charge is -2.32. The largest absolute Gasteiger partial charge is 0.396 e. The third-order valence-corrected chi connectivity index (χ3v) is 4.05. The van der Waals surface area contributed by atoms with Crippen molar-refractivity contribution in [3.8, 4) is 0 Å². The van der Waals surface area contributed by atoms with Crippen LogP contribution in [-0.2, 0) is 4.74 Å². The first kappa shape index (κ1) is 15.9. The van der Waals surface area contributed by atoms with Crippen LogP contribution in [0.1, 0.15) is 41.0 Å². The normalized spacial score (nSPS) is 30.0. The average molecular weight is 259 g/mol. The summed E-state index contributed by atoms with van der Waals surface area (Å²) in [5.41, 5.74) is -0.792. The van der Waals surface area contributed by atoms with E-state index in [0.29, 0.717) is 0 Å². The standard InChI is InChI=1S/C14H29NO3/c1-6-15(8-7-9-16)10-11-12(17)14(4,5)18-13(11,2)3/h11-12,16-17H,6-10H2,1-5H3. The number of aliphatic hydroxyl groups excluding tert-OH is 2. The van der Waals surface area contributed by atoms with Crippen LogP contribution in [0.4, 0.5) is 0 Å². The molecule has 2 unspecified atom stereocenters. The van der Waals surface area contributed by atoms with Crippen LogP contribution in [-0.4, -0.2) is 58.7 Å². The van der Waals surface area contributed by atoms with Gasteiger partial charge in [-0.3, -0.25) is 0 Å². The molecule has 0 saturated carbocycles. The Labute approximate surface area is 111 Å². The van der Waals surface area contributed by atoms with E-state index < -0.39 is 11.7 Å². The van der Waals surface area contributed by atoms with E-state index in [1.807, 2.05) is 13.8 Å². The lowest BCUT2D eigenvalue weighted by Crippen LogP contribution is -2.43. The second kappa shape index (κ2) is 5.87. The van der Waals surface area contributed by atoms with Crippen molar-refractivity contribution in [3.63, 3.8) is 0 Å². The monoisotopic (exact) mass is 259 g/mol. The van der Waals surface area contributed by atoms with Crippen molar-refractivity contribution in [1.82, 2.24) is 4.90 Å². The molecule has 0 aromatic heterocycles. The molecular formula is C14H29NO3. The van der Waals surface area contributed by atoms with Gasteiger partial charge in [0.1, 0.15) is 0 Å². The van der Waals surface area contributed by atoms with Crippen molar-refractivity contribution in [2.24, 2.45) is 5.92 Å². The van der Waals surface area contributed by atoms with Gasteiger partial charge in [-0.2, -0.15) is 0 Å². The molecule has 1 fully saturated rings. The Balaban J connectivity index is 2.69. The number of nitrogens with zero attached hydrogens (tertiary/aromatic N) is 1. The lowest BCUT2D eigenvalue weighted by molar-refractivity contribution is -0.0913. The summed E-state index contributed by atoms with van der Waals surface area (Å²) in [7, 11) is 0. The molecule has 1 aliphatic rings. The van der Waals surface area contributed by atoms with Crippen LogP contribution in [0.15, 0.2) is 0 Å². The molecule has 1 rings (SSSR count). The summed E-state index contributed by atoms with van der Waals surface area (Å²) >= 11 is 0. The summed E-state index contributed by atoms with van der Waals surface area (Å²) in [6.07, 6.45) is 0.331. The summed E-state index contributed by atoms with van der Waals surface area (Å²) in [5, 5.41) is 19.3. The first-order valence-electron chi connectivity index (χ1n) is 6.96. The molecule has 1 aliphatic heterocycles. The maximum Gasteiger partial charge on any atom is 0.0896 e. The van der Waals surface area contributed by atoms with Crippen LogP contribution >= 0.6 is 0 Å². The van der Waals surface area contributed by atoms with Gasteiger partial charge < -0.3 is 19.8 Å². The minimum absolute atomic E-state index is 0.103. The Bertz CT molecular complexity index is 266. The Morgan fingerprint density at radius 3 is 2.17 bits per heavy atom. The smallest absolute Gasteiger partial charge is 0.0896 e. The topological polar surface area (TPSA) is 52.9 Å². The maximum atomic E-state index is 10.4. The van der Waals surface area contributed by atoms with E-state index >= 15 is 0 Å². The third kappa shape index (κ3) is 3.44. The molecule has 1 saturated heterocycles. The van der Waals surface area contributed by atoms with E-state index in [2.05, 4.69) is 25.7 Å². The summed E-state index contributed by atoms with van der Waals surface area (Å²) < 4.78 is 5.98. The highest BCUT2D eigenvalue weighted by molar-refractivity contribution is 5.02. The van der Waals surface area contributed by atoms with Crippen LogP contribution in [0.25, 0.3) is 0 Å². The first-order valence-corrected chi connectivity index (χ1v) is 6.96. The fourth-order valence-corrected chi connectivity index (χ4v) is 2.95. The predicted octanol–water partition coefficient (Wildman–Crippen LogP) is 1.26. The summed E-state index contributed by atoms with van der Waals surface area (Å²) in [6, 6.07) is 0. The molecule has 0 radical (unpaired) electrons. The van der Waals surface area contributed by atoms with Gasteiger partial charge in [0.05, 0.1) is 17.3 Å². The summed E-state index contributed by atoms with van der Waals surface area (Å²) in [4.78, 5) is 2.27. The molecule has 0 aliphatic carbocycles. The Hall–Kier alpha value is -0.160. The van der Waals surface area contributed by atoms with Gasteiger partial charge in [-0.1, -0.05) is 6.92 Å². The molecule has 4 nitrogen and oxygen atoms in total. The molecular weight excluding hydrogens is 230 g/mol. The van der Waals surface area contributed by atoms with Crippen LogP contribution in [0.5, 0.6) is 0 Å². The third-order valence-electron chi connectivity index (χ3n) is 4.05. The van der Waals surface area contributed by atoms with Crippen LogP contribution in [0, 0.1) is 5.92 Å². The van der Waals surface area contributed by atoms with Gasteiger partial charge in [-0.05, 0) is 40.7 Å². The van der Waals surface area contributed by atoms with E-state index in [4.69, 9.17) is 9.84 Å². The molecule has 0 bridgehead atoms. The Kier molecular flexibility index (Phi) is 5.18. The first-order chi connectivity index (χ1) is 8.24. The van der Waals surface area contributed by atoms with Crippen molar-refractivity contribution >= 4 is 0 Å². The highest BCUT2D eigenvalue weighted by atomic mass is 16.5. The van der Waals surface area contributed by atoms with Crippen molar-refractivity contribution < 1.29 is 14.9 Å². The number of aliphatic hydroxyl groups is 2. The number of hydrogen-bond acceptors (Lipinski definition) is 4.